The summed E-state index contributed by atoms with van der Waals surface area (Å²) in [5.74, 6) is 0. The molecule has 172 valence electrons. The van der Waals surface area contributed by atoms with E-state index in [-0.39, 0.29) is 5.56 Å². The van der Waals surface area contributed by atoms with Crippen LogP contribution in [-0.4, -0.2) is 64.0 Å². The van der Waals surface area contributed by atoms with Gasteiger partial charge in [0, 0.05) is 50.7 Å². The van der Waals surface area contributed by atoms with Crippen molar-refractivity contribution in [1.82, 2.24) is 24.1 Å². The van der Waals surface area contributed by atoms with E-state index in [1.165, 1.54) is 0 Å². The van der Waals surface area contributed by atoms with Crippen molar-refractivity contribution in [3.8, 4) is 11.1 Å². The largest absolute Gasteiger partial charge is 0.379 e. The molecule has 0 bridgehead atoms. The second kappa shape index (κ2) is 9.61. The first-order valence-corrected chi connectivity index (χ1v) is 11.5. The summed E-state index contributed by atoms with van der Waals surface area (Å²) in [6.07, 6.45) is 4.41. The maximum absolute atomic E-state index is 13.2. The van der Waals surface area contributed by atoms with Crippen LogP contribution in [0.5, 0.6) is 0 Å². The molecule has 33 heavy (non-hydrogen) atoms. The third-order valence-electron chi connectivity index (χ3n) is 6.05. The lowest BCUT2D eigenvalue weighted by Gasteiger charge is -2.26. The molecule has 8 nitrogen and oxygen atoms in total. The van der Waals surface area contributed by atoms with E-state index in [0.717, 1.165) is 61.6 Å². The van der Waals surface area contributed by atoms with Gasteiger partial charge in [-0.25, -0.2) is 9.50 Å². The summed E-state index contributed by atoms with van der Waals surface area (Å²) in [6, 6.07) is 9.50. The van der Waals surface area contributed by atoms with E-state index < -0.39 is 0 Å². The van der Waals surface area contributed by atoms with E-state index in [0.29, 0.717) is 29.2 Å². The lowest BCUT2D eigenvalue weighted by molar-refractivity contribution is 0.0369. The van der Waals surface area contributed by atoms with Gasteiger partial charge in [0.1, 0.15) is 0 Å². The fraction of sp³-hybridized carbons (Fsp3) is 0.375. The highest BCUT2D eigenvalue weighted by molar-refractivity contribution is 6.30. The summed E-state index contributed by atoms with van der Waals surface area (Å²) in [5.41, 5.74) is 3.94. The van der Waals surface area contributed by atoms with Gasteiger partial charge in [0.2, 0.25) is 0 Å². The molecule has 0 spiro atoms. The molecule has 1 aromatic carbocycles. The number of morpholine rings is 1. The zero-order valence-electron chi connectivity index (χ0n) is 18.5. The Bertz CT molecular complexity index is 1330. The molecule has 1 aliphatic heterocycles. The molecule has 0 radical (unpaired) electrons. The Hall–Kier alpha value is -2.78. The number of ether oxygens (including phenoxy) is 2. The zero-order valence-corrected chi connectivity index (χ0v) is 19.3. The average molecular weight is 468 g/mol. The van der Waals surface area contributed by atoms with Crippen molar-refractivity contribution in [2.24, 2.45) is 0 Å². The Morgan fingerprint density at radius 3 is 2.67 bits per heavy atom. The molecule has 0 saturated carbocycles. The Morgan fingerprint density at radius 2 is 1.91 bits per heavy atom. The number of aromatic nitrogens is 4. The summed E-state index contributed by atoms with van der Waals surface area (Å²) in [4.78, 5) is 20.2. The number of rotatable bonds is 7. The predicted molar refractivity (Wildman–Crippen MR) is 128 cm³/mol. The van der Waals surface area contributed by atoms with Crippen LogP contribution < -0.4 is 5.56 Å². The normalized spacial score (nSPS) is 15.0. The molecule has 0 aliphatic carbocycles. The SMILES string of the molecule is COCc1nn2c(ncc3c(=O)n(CCCN4CCOCC4)ccc32)c1-c1ccc(Cl)cc1. The van der Waals surface area contributed by atoms with E-state index in [1.807, 2.05) is 36.5 Å². The number of nitrogens with zero attached hydrogens (tertiary/aromatic N) is 5. The maximum atomic E-state index is 13.2. The molecule has 3 aromatic heterocycles. The number of hydrogen-bond donors (Lipinski definition) is 0. The number of fused-ring (bicyclic) bond motifs is 3. The molecule has 4 aromatic rings. The molecule has 0 atom stereocenters. The second-order valence-electron chi connectivity index (χ2n) is 8.18. The first-order valence-electron chi connectivity index (χ1n) is 11.1. The maximum Gasteiger partial charge on any atom is 0.261 e. The average Bonchev–Trinajstić information content (AvgIpc) is 3.20. The summed E-state index contributed by atoms with van der Waals surface area (Å²) in [5, 5.41) is 5.96. The Balaban J connectivity index is 1.50. The van der Waals surface area contributed by atoms with E-state index in [4.69, 9.17) is 26.2 Å². The quantitative estimate of drug-likeness (QED) is 0.415. The first-order chi connectivity index (χ1) is 16.2. The summed E-state index contributed by atoms with van der Waals surface area (Å²) in [6.45, 7) is 5.42. The van der Waals surface area contributed by atoms with Crippen LogP contribution in [0.4, 0.5) is 0 Å². The third kappa shape index (κ3) is 4.39. The molecule has 4 heterocycles. The molecule has 1 aliphatic rings. The standard InChI is InChI=1S/C24H26ClN5O3/c1-32-16-20-22(17-3-5-18(25)6-4-17)23-26-15-19-21(30(23)27-20)7-10-29(24(19)31)9-2-8-28-11-13-33-14-12-28/h3-7,10,15H,2,8-9,11-14,16H2,1H3. The number of benzene rings is 1. The van der Waals surface area contributed by atoms with Crippen molar-refractivity contribution in [2.45, 2.75) is 19.6 Å². The monoisotopic (exact) mass is 467 g/mol. The summed E-state index contributed by atoms with van der Waals surface area (Å²) in [7, 11) is 1.64. The van der Waals surface area contributed by atoms with Gasteiger partial charge in [-0.1, -0.05) is 23.7 Å². The summed E-state index contributed by atoms with van der Waals surface area (Å²) >= 11 is 6.08. The van der Waals surface area contributed by atoms with Crippen molar-refractivity contribution in [1.29, 1.82) is 0 Å². The minimum atomic E-state index is -0.0549. The predicted octanol–water partition coefficient (Wildman–Crippen LogP) is 3.23. The van der Waals surface area contributed by atoms with Gasteiger partial charge in [-0.2, -0.15) is 5.10 Å². The molecule has 5 rings (SSSR count). The van der Waals surface area contributed by atoms with E-state index in [2.05, 4.69) is 9.88 Å². The van der Waals surface area contributed by atoms with Crippen LogP contribution in [0.3, 0.4) is 0 Å². The van der Waals surface area contributed by atoms with Crippen LogP contribution >= 0.6 is 11.6 Å². The highest BCUT2D eigenvalue weighted by Gasteiger charge is 2.19. The van der Waals surface area contributed by atoms with Crippen molar-refractivity contribution in [3.63, 3.8) is 0 Å². The van der Waals surface area contributed by atoms with Crippen LogP contribution in [-0.2, 0) is 22.6 Å². The van der Waals surface area contributed by atoms with Crippen molar-refractivity contribution in [3.05, 3.63) is 63.8 Å². The van der Waals surface area contributed by atoms with E-state index in [1.54, 1.807) is 22.4 Å². The van der Waals surface area contributed by atoms with Crippen LogP contribution in [0.15, 0.2) is 47.5 Å². The minimum Gasteiger partial charge on any atom is -0.379 e. The highest BCUT2D eigenvalue weighted by atomic mass is 35.5. The molecular formula is C24H26ClN5O3. The molecular weight excluding hydrogens is 442 g/mol. The van der Waals surface area contributed by atoms with Gasteiger partial charge >= 0.3 is 0 Å². The number of methoxy groups -OCH3 is 1. The molecule has 9 heteroatoms. The fourth-order valence-corrected chi connectivity index (χ4v) is 4.50. The van der Waals surface area contributed by atoms with Gasteiger partial charge < -0.3 is 14.0 Å². The van der Waals surface area contributed by atoms with Crippen LogP contribution in [0.25, 0.3) is 27.7 Å². The zero-order chi connectivity index (χ0) is 22.8. The highest BCUT2D eigenvalue weighted by Crippen LogP contribution is 2.30. The third-order valence-corrected chi connectivity index (χ3v) is 6.30. The fourth-order valence-electron chi connectivity index (χ4n) is 4.37. The lowest BCUT2D eigenvalue weighted by atomic mass is 10.1. The van der Waals surface area contributed by atoms with Gasteiger partial charge in [-0.3, -0.25) is 9.69 Å². The number of hydrogen-bond acceptors (Lipinski definition) is 6. The van der Waals surface area contributed by atoms with Crippen molar-refractivity contribution < 1.29 is 9.47 Å². The smallest absolute Gasteiger partial charge is 0.261 e. The Morgan fingerprint density at radius 1 is 1.12 bits per heavy atom. The molecule has 0 amide bonds. The molecule has 1 saturated heterocycles. The summed E-state index contributed by atoms with van der Waals surface area (Å²) < 4.78 is 14.3. The van der Waals surface area contributed by atoms with E-state index in [9.17, 15) is 4.79 Å². The van der Waals surface area contributed by atoms with E-state index >= 15 is 0 Å². The second-order valence-corrected chi connectivity index (χ2v) is 8.61. The van der Waals surface area contributed by atoms with Crippen molar-refractivity contribution in [2.75, 3.05) is 40.0 Å². The molecule has 1 fully saturated rings. The van der Waals surface area contributed by atoms with Crippen LogP contribution in [0, 0.1) is 0 Å². The van der Waals surface area contributed by atoms with Gasteiger partial charge in [-0.15, -0.1) is 0 Å². The van der Waals surface area contributed by atoms with Gasteiger partial charge in [0.05, 0.1) is 42.0 Å². The topological polar surface area (TPSA) is 73.9 Å². The number of aryl methyl sites for hydroxylation is 1. The van der Waals surface area contributed by atoms with Gasteiger partial charge in [0.25, 0.3) is 5.56 Å². The Kier molecular flexibility index (Phi) is 6.41. The molecule has 0 N–H and O–H groups in total. The van der Waals surface area contributed by atoms with Crippen LogP contribution in [0.1, 0.15) is 12.1 Å². The number of halogens is 1. The first kappa shape index (κ1) is 22.0. The lowest BCUT2D eigenvalue weighted by Crippen LogP contribution is -2.37. The molecule has 0 unspecified atom stereocenters. The number of pyridine rings is 1. The van der Waals surface area contributed by atoms with Gasteiger partial charge in [0.15, 0.2) is 5.65 Å². The van der Waals surface area contributed by atoms with Crippen LogP contribution in [0.2, 0.25) is 5.02 Å². The Labute approximate surface area is 196 Å². The minimum absolute atomic E-state index is 0.0549. The van der Waals surface area contributed by atoms with Crippen molar-refractivity contribution >= 4 is 28.2 Å². The van der Waals surface area contributed by atoms with Gasteiger partial charge in [-0.05, 0) is 30.2 Å².